The number of thioether (sulfide) groups is 1. The minimum Gasteiger partial charge on any atom is -0.348 e. The first kappa shape index (κ1) is 16.1. The van der Waals surface area contributed by atoms with Crippen LogP contribution in [0.4, 0.5) is 0 Å². The highest BCUT2D eigenvalue weighted by Crippen LogP contribution is 2.40. The Morgan fingerprint density at radius 3 is 2.74 bits per heavy atom. The smallest absolute Gasteiger partial charge is 0.253 e. The molecule has 0 radical (unpaired) electrons. The van der Waals surface area contributed by atoms with E-state index < -0.39 is 0 Å². The Hall–Kier alpha value is -1.81. The Bertz CT molecular complexity index is 738. The van der Waals surface area contributed by atoms with Crippen molar-refractivity contribution in [2.75, 3.05) is 6.26 Å². The second-order valence-electron chi connectivity index (χ2n) is 6.16. The van der Waals surface area contributed by atoms with Crippen LogP contribution >= 0.6 is 11.8 Å². The standard InChI is InChI=1S/C19H22N2OS/c1-12-4-6-15(17(10-12)23-3)11-20-19(22)16-9-5-13(2)21-18(16)14-7-8-14/h4-6,9-10,14H,7-8,11H2,1-3H3,(H,20,22). The van der Waals surface area contributed by atoms with E-state index in [9.17, 15) is 4.79 Å². The summed E-state index contributed by atoms with van der Waals surface area (Å²) in [4.78, 5) is 18.4. The van der Waals surface area contributed by atoms with Crippen LogP contribution in [0.25, 0.3) is 0 Å². The summed E-state index contributed by atoms with van der Waals surface area (Å²) in [5.74, 6) is 0.448. The summed E-state index contributed by atoms with van der Waals surface area (Å²) in [5.41, 5.74) is 5.08. The SMILES string of the molecule is CSc1cc(C)ccc1CNC(=O)c1ccc(C)nc1C1CC1. The summed E-state index contributed by atoms with van der Waals surface area (Å²) in [5, 5.41) is 3.06. The van der Waals surface area contributed by atoms with Crippen LogP contribution in [-0.4, -0.2) is 17.1 Å². The zero-order valence-corrected chi connectivity index (χ0v) is 14.7. The number of aryl methyl sites for hydroxylation is 2. The lowest BCUT2D eigenvalue weighted by Gasteiger charge is -2.12. The molecule has 1 N–H and O–H groups in total. The number of rotatable bonds is 5. The van der Waals surface area contributed by atoms with Crippen LogP contribution in [0.3, 0.4) is 0 Å². The van der Waals surface area contributed by atoms with Gasteiger partial charge in [-0.1, -0.05) is 12.1 Å². The molecule has 1 saturated carbocycles. The highest BCUT2D eigenvalue weighted by molar-refractivity contribution is 7.98. The Morgan fingerprint density at radius 1 is 1.26 bits per heavy atom. The van der Waals surface area contributed by atoms with E-state index in [0.717, 1.165) is 35.4 Å². The zero-order chi connectivity index (χ0) is 16.4. The van der Waals surface area contributed by atoms with Crippen molar-refractivity contribution in [2.24, 2.45) is 0 Å². The molecule has 1 fully saturated rings. The molecular weight excluding hydrogens is 304 g/mol. The number of hydrogen-bond acceptors (Lipinski definition) is 3. The number of carbonyl (C=O) groups is 1. The molecule has 0 spiro atoms. The maximum Gasteiger partial charge on any atom is 0.253 e. The summed E-state index contributed by atoms with van der Waals surface area (Å²) in [6.45, 7) is 4.61. The molecule has 1 aliphatic carbocycles. The lowest BCUT2D eigenvalue weighted by Crippen LogP contribution is -2.24. The number of carbonyl (C=O) groups excluding carboxylic acids is 1. The maximum atomic E-state index is 12.6. The van der Waals surface area contributed by atoms with Gasteiger partial charge in [0.1, 0.15) is 0 Å². The number of pyridine rings is 1. The molecular formula is C19H22N2OS. The molecule has 120 valence electrons. The van der Waals surface area contributed by atoms with Crippen LogP contribution in [0.1, 0.15) is 51.6 Å². The molecule has 0 atom stereocenters. The predicted octanol–water partition coefficient (Wildman–Crippen LogP) is 4.23. The summed E-state index contributed by atoms with van der Waals surface area (Å²) in [6.07, 6.45) is 4.35. The fourth-order valence-corrected chi connectivity index (χ4v) is 3.41. The van der Waals surface area contributed by atoms with E-state index in [4.69, 9.17) is 0 Å². The first-order chi connectivity index (χ1) is 11.1. The summed E-state index contributed by atoms with van der Waals surface area (Å²) >= 11 is 1.71. The third-order valence-electron chi connectivity index (χ3n) is 4.15. The molecule has 1 aromatic carbocycles. The average Bonchev–Trinajstić information content (AvgIpc) is 3.38. The van der Waals surface area contributed by atoms with Gasteiger partial charge in [-0.15, -0.1) is 11.8 Å². The number of hydrogen-bond donors (Lipinski definition) is 1. The lowest BCUT2D eigenvalue weighted by atomic mass is 10.1. The van der Waals surface area contributed by atoms with Gasteiger partial charge in [0, 0.05) is 23.1 Å². The third-order valence-corrected chi connectivity index (χ3v) is 4.97. The van der Waals surface area contributed by atoms with Crippen LogP contribution in [0.2, 0.25) is 0 Å². The zero-order valence-electron chi connectivity index (χ0n) is 13.8. The van der Waals surface area contributed by atoms with Gasteiger partial charge in [0.05, 0.1) is 11.3 Å². The van der Waals surface area contributed by atoms with Crippen molar-refractivity contribution < 1.29 is 4.79 Å². The van der Waals surface area contributed by atoms with Gasteiger partial charge in [-0.05, 0) is 62.3 Å². The van der Waals surface area contributed by atoms with Gasteiger partial charge in [0.2, 0.25) is 0 Å². The number of nitrogens with zero attached hydrogens (tertiary/aromatic N) is 1. The van der Waals surface area contributed by atoms with Crippen LogP contribution in [-0.2, 0) is 6.54 Å². The second-order valence-corrected chi connectivity index (χ2v) is 7.01. The Morgan fingerprint density at radius 2 is 2.04 bits per heavy atom. The van der Waals surface area contributed by atoms with Gasteiger partial charge < -0.3 is 5.32 Å². The molecule has 23 heavy (non-hydrogen) atoms. The quantitative estimate of drug-likeness (QED) is 0.836. The molecule has 4 heteroatoms. The molecule has 1 aliphatic rings. The first-order valence-electron chi connectivity index (χ1n) is 7.97. The van der Waals surface area contributed by atoms with Crippen molar-refractivity contribution in [3.05, 3.63) is 58.4 Å². The molecule has 0 bridgehead atoms. The van der Waals surface area contributed by atoms with Gasteiger partial charge in [0.25, 0.3) is 5.91 Å². The first-order valence-corrected chi connectivity index (χ1v) is 9.20. The van der Waals surface area contributed by atoms with Gasteiger partial charge in [-0.25, -0.2) is 0 Å². The normalized spacial score (nSPS) is 13.9. The molecule has 1 amide bonds. The van der Waals surface area contributed by atoms with Crippen LogP contribution < -0.4 is 5.32 Å². The fourth-order valence-electron chi connectivity index (χ4n) is 2.71. The van der Waals surface area contributed by atoms with Gasteiger partial charge >= 0.3 is 0 Å². The van der Waals surface area contributed by atoms with Crippen molar-refractivity contribution in [3.63, 3.8) is 0 Å². The number of nitrogens with one attached hydrogen (secondary N) is 1. The Balaban J connectivity index is 1.75. The summed E-state index contributed by atoms with van der Waals surface area (Å²) in [7, 11) is 0. The van der Waals surface area contributed by atoms with E-state index in [0.29, 0.717) is 12.5 Å². The van der Waals surface area contributed by atoms with Crippen molar-refractivity contribution in [1.82, 2.24) is 10.3 Å². The number of aromatic nitrogens is 1. The monoisotopic (exact) mass is 326 g/mol. The van der Waals surface area contributed by atoms with E-state index >= 15 is 0 Å². The van der Waals surface area contributed by atoms with Gasteiger partial charge in [-0.3, -0.25) is 9.78 Å². The van der Waals surface area contributed by atoms with Crippen molar-refractivity contribution in [2.45, 2.75) is 44.0 Å². The van der Waals surface area contributed by atoms with Gasteiger partial charge in [0.15, 0.2) is 0 Å². The van der Waals surface area contributed by atoms with Crippen LogP contribution in [0, 0.1) is 13.8 Å². The van der Waals surface area contributed by atoms with Crippen LogP contribution in [0.5, 0.6) is 0 Å². The molecule has 3 rings (SSSR count). The Kier molecular flexibility index (Phi) is 4.71. The molecule has 2 aromatic rings. The minimum atomic E-state index is -0.0213. The molecule has 1 aromatic heterocycles. The topological polar surface area (TPSA) is 42.0 Å². The van der Waals surface area contributed by atoms with Crippen LogP contribution in [0.15, 0.2) is 35.2 Å². The average molecular weight is 326 g/mol. The van der Waals surface area contributed by atoms with E-state index in [2.05, 4.69) is 41.7 Å². The molecule has 1 heterocycles. The summed E-state index contributed by atoms with van der Waals surface area (Å²) < 4.78 is 0. The largest absolute Gasteiger partial charge is 0.348 e. The van der Waals surface area contributed by atoms with Crippen molar-refractivity contribution >= 4 is 17.7 Å². The van der Waals surface area contributed by atoms with Crippen molar-refractivity contribution in [3.8, 4) is 0 Å². The van der Waals surface area contributed by atoms with Gasteiger partial charge in [-0.2, -0.15) is 0 Å². The van der Waals surface area contributed by atoms with Crippen molar-refractivity contribution in [1.29, 1.82) is 0 Å². The van der Waals surface area contributed by atoms with E-state index in [1.165, 1.54) is 10.5 Å². The predicted molar refractivity (Wildman–Crippen MR) is 95.1 cm³/mol. The molecule has 0 unspecified atom stereocenters. The lowest BCUT2D eigenvalue weighted by molar-refractivity contribution is 0.0949. The molecule has 0 aliphatic heterocycles. The maximum absolute atomic E-state index is 12.6. The Labute approximate surface area is 141 Å². The third kappa shape index (κ3) is 3.75. The number of amides is 1. The highest BCUT2D eigenvalue weighted by atomic mass is 32.2. The minimum absolute atomic E-state index is 0.0213. The van der Waals surface area contributed by atoms with E-state index in [-0.39, 0.29) is 5.91 Å². The summed E-state index contributed by atoms with van der Waals surface area (Å²) in [6, 6.07) is 10.2. The highest BCUT2D eigenvalue weighted by Gasteiger charge is 2.29. The van der Waals surface area contributed by atoms with E-state index in [1.54, 1.807) is 11.8 Å². The van der Waals surface area contributed by atoms with E-state index in [1.807, 2.05) is 19.1 Å². The molecule has 3 nitrogen and oxygen atoms in total. The molecule has 0 saturated heterocycles. The second kappa shape index (κ2) is 6.75. The fraction of sp³-hybridized carbons (Fsp3) is 0.368. The number of benzene rings is 1.